The lowest BCUT2D eigenvalue weighted by atomic mass is 10.00. The van der Waals surface area contributed by atoms with Gasteiger partial charge in [-0.1, -0.05) is 0 Å². The summed E-state index contributed by atoms with van der Waals surface area (Å²) in [5.41, 5.74) is 0.0249. The van der Waals surface area contributed by atoms with Gasteiger partial charge in [0.05, 0.1) is 0 Å². The molecule has 1 aliphatic heterocycles. The predicted octanol–water partition coefficient (Wildman–Crippen LogP) is 1.77. The first-order valence-electron chi connectivity index (χ1n) is 6.13. The van der Waals surface area contributed by atoms with E-state index in [0.29, 0.717) is 17.8 Å². The largest absolute Gasteiger partial charge is 0.462 e. The van der Waals surface area contributed by atoms with Gasteiger partial charge in [0.25, 0.3) is 6.47 Å². The van der Waals surface area contributed by atoms with Crippen molar-refractivity contribution in [3.63, 3.8) is 0 Å². The van der Waals surface area contributed by atoms with E-state index in [4.69, 9.17) is 0 Å². The molecule has 0 radical (unpaired) electrons. The van der Waals surface area contributed by atoms with Gasteiger partial charge >= 0.3 is 0 Å². The van der Waals surface area contributed by atoms with Gasteiger partial charge in [-0.05, 0) is 40.7 Å². The molecule has 1 aliphatic carbocycles. The topological polar surface area (TPSA) is 46.6 Å². The Hall–Kier alpha value is -0.900. The van der Waals surface area contributed by atoms with E-state index in [1.54, 1.807) is 0 Å². The Kier molecular flexibility index (Phi) is 4.31. The summed E-state index contributed by atoms with van der Waals surface area (Å²) in [6.07, 6.45) is 4.09. The standard InChI is InChI=1S/C8H13NO.C5H10O2/c1-9-5-2-7(10)6-8(9)3-4-8;1-5(2,3)7-4-6/h2-6H2,1H3;4H,1-3H3. The minimum absolute atomic E-state index is 0.318. The summed E-state index contributed by atoms with van der Waals surface area (Å²) in [7, 11) is 2.14. The van der Waals surface area contributed by atoms with Crippen molar-refractivity contribution < 1.29 is 14.3 Å². The molecule has 2 rings (SSSR count). The third kappa shape index (κ3) is 4.46. The Bertz CT molecular complexity index is 290. The number of ether oxygens (including phenoxy) is 1. The van der Waals surface area contributed by atoms with Gasteiger partial charge in [0.1, 0.15) is 11.4 Å². The number of nitrogens with zero attached hydrogens (tertiary/aromatic N) is 1. The third-order valence-electron chi connectivity index (χ3n) is 3.29. The maximum atomic E-state index is 11.0. The van der Waals surface area contributed by atoms with Crippen molar-refractivity contribution >= 4 is 12.3 Å². The molecule has 0 unspecified atom stereocenters. The summed E-state index contributed by atoms with van der Waals surface area (Å²) < 4.78 is 4.55. The molecule has 2 aliphatic rings. The molecule has 0 amide bonds. The monoisotopic (exact) mass is 241 g/mol. The Labute approximate surface area is 103 Å². The number of Topliss-reactive ketones (excluding diaryl/α,β-unsaturated/α-hetero) is 1. The molecule has 4 heteroatoms. The van der Waals surface area contributed by atoms with Crippen LogP contribution in [0.5, 0.6) is 0 Å². The average Bonchev–Trinajstić information content (AvgIpc) is 2.92. The van der Waals surface area contributed by atoms with Gasteiger partial charge in [0.15, 0.2) is 0 Å². The number of rotatable bonds is 1. The van der Waals surface area contributed by atoms with Crippen molar-refractivity contribution in [2.75, 3.05) is 13.6 Å². The van der Waals surface area contributed by atoms with E-state index in [1.807, 2.05) is 20.8 Å². The molecule has 0 aromatic heterocycles. The molecule has 2 fully saturated rings. The minimum atomic E-state index is -0.318. The zero-order valence-corrected chi connectivity index (χ0v) is 11.3. The second-order valence-corrected chi connectivity index (χ2v) is 5.94. The average molecular weight is 241 g/mol. The predicted molar refractivity (Wildman–Crippen MR) is 65.7 cm³/mol. The van der Waals surface area contributed by atoms with Gasteiger partial charge in [-0.15, -0.1) is 0 Å². The first kappa shape index (κ1) is 14.2. The first-order chi connectivity index (χ1) is 7.79. The zero-order chi connectivity index (χ0) is 13.1. The number of ketones is 1. The number of carbonyl (C=O) groups excluding carboxylic acids is 2. The molecule has 0 aromatic rings. The van der Waals surface area contributed by atoms with Crippen molar-refractivity contribution in [2.24, 2.45) is 0 Å². The third-order valence-corrected chi connectivity index (χ3v) is 3.29. The molecule has 0 atom stereocenters. The molecule has 1 saturated carbocycles. The van der Waals surface area contributed by atoms with E-state index in [-0.39, 0.29) is 5.60 Å². The summed E-state index contributed by atoms with van der Waals surface area (Å²) in [5, 5.41) is 0. The number of hydrogen-bond donors (Lipinski definition) is 0. The molecular weight excluding hydrogens is 218 g/mol. The molecule has 0 bridgehead atoms. The smallest absolute Gasteiger partial charge is 0.293 e. The quantitative estimate of drug-likeness (QED) is 0.656. The normalized spacial score (nSPS) is 22.7. The molecule has 0 aromatic carbocycles. The fourth-order valence-electron chi connectivity index (χ4n) is 1.97. The van der Waals surface area contributed by atoms with E-state index >= 15 is 0 Å². The van der Waals surface area contributed by atoms with E-state index < -0.39 is 0 Å². The molecule has 17 heavy (non-hydrogen) atoms. The molecule has 4 nitrogen and oxygen atoms in total. The van der Waals surface area contributed by atoms with Crippen LogP contribution < -0.4 is 0 Å². The van der Waals surface area contributed by atoms with Crippen LogP contribution in [-0.2, 0) is 14.3 Å². The van der Waals surface area contributed by atoms with Crippen molar-refractivity contribution in [1.82, 2.24) is 4.90 Å². The fraction of sp³-hybridized carbons (Fsp3) is 0.846. The SMILES string of the molecule is CC(C)(C)OC=O.CN1CCC(=O)CC12CC2. The number of likely N-dealkylation sites (tertiary alicyclic amines) is 1. The summed E-state index contributed by atoms with van der Waals surface area (Å²) in [5.74, 6) is 0.468. The van der Waals surface area contributed by atoms with Crippen LogP contribution in [0.15, 0.2) is 0 Å². The molecule has 1 spiro atoms. The van der Waals surface area contributed by atoms with Gasteiger partial charge in [-0.3, -0.25) is 14.5 Å². The lowest BCUT2D eigenvalue weighted by Crippen LogP contribution is -2.41. The molecule has 1 heterocycles. The molecule has 1 saturated heterocycles. The Morgan fingerprint density at radius 1 is 1.35 bits per heavy atom. The second kappa shape index (κ2) is 5.17. The highest BCUT2D eigenvalue weighted by molar-refractivity contribution is 5.81. The van der Waals surface area contributed by atoms with Crippen molar-refractivity contribution in [3.05, 3.63) is 0 Å². The van der Waals surface area contributed by atoms with Crippen LogP contribution in [0.4, 0.5) is 0 Å². The molecular formula is C13H23NO3. The van der Waals surface area contributed by atoms with Crippen LogP contribution in [0.3, 0.4) is 0 Å². The number of carbonyl (C=O) groups is 2. The van der Waals surface area contributed by atoms with Gasteiger partial charge in [-0.2, -0.15) is 0 Å². The molecule has 0 N–H and O–H groups in total. The summed E-state index contributed by atoms with van der Waals surface area (Å²) in [6, 6.07) is 0. The highest BCUT2D eigenvalue weighted by Crippen LogP contribution is 2.46. The zero-order valence-electron chi connectivity index (χ0n) is 11.3. The minimum Gasteiger partial charge on any atom is -0.462 e. The Morgan fingerprint density at radius 3 is 2.24 bits per heavy atom. The number of piperidine rings is 1. The van der Waals surface area contributed by atoms with Crippen LogP contribution in [0, 0.1) is 0 Å². The Balaban J connectivity index is 0.000000185. The van der Waals surface area contributed by atoms with E-state index in [9.17, 15) is 9.59 Å². The van der Waals surface area contributed by atoms with E-state index in [2.05, 4.69) is 16.7 Å². The van der Waals surface area contributed by atoms with Crippen LogP contribution >= 0.6 is 0 Å². The first-order valence-corrected chi connectivity index (χ1v) is 6.13. The van der Waals surface area contributed by atoms with Crippen molar-refractivity contribution in [3.8, 4) is 0 Å². The summed E-state index contributed by atoms with van der Waals surface area (Å²) >= 11 is 0. The lowest BCUT2D eigenvalue weighted by molar-refractivity contribution is -0.138. The summed E-state index contributed by atoms with van der Waals surface area (Å²) in [6.45, 7) is 6.91. The highest BCUT2D eigenvalue weighted by atomic mass is 16.5. The van der Waals surface area contributed by atoms with E-state index in [0.717, 1.165) is 19.4 Å². The van der Waals surface area contributed by atoms with Crippen molar-refractivity contribution in [1.29, 1.82) is 0 Å². The van der Waals surface area contributed by atoms with E-state index in [1.165, 1.54) is 12.8 Å². The van der Waals surface area contributed by atoms with Gasteiger partial charge in [0, 0.05) is 24.9 Å². The summed E-state index contributed by atoms with van der Waals surface area (Å²) in [4.78, 5) is 23.0. The maximum Gasteiger partial charge on any atom is 0.293 e. The van der Waals surface area contributed by atoms with Gasteiger partial charge in [-0.25, -0.2) is 0 Å². The van der Waals surface area contributed by atoms with Crippen LogP contribution in [0.25, 0.3) is 0 Å². The van der Waals surface area contributed by atoms with Crippen molar-refractivity contribution in [2.45, 2.75) is 57.6 Å². The maximum absolute atomic E-state index is 11.0. The lowest BCUT2D eigenvalue weighted by Gasteiger charge is -2.31. The molecule has 98 valence electrons. The number of hydrogen-bond acceptors (Lipinski definition) is 4. The van der Waals surface area contributed by atoms with Crippen LogP contribution in [0.1, 0.15) is 46.5 Å². The highest BCUT2D eigenvalue weighted by Gasteiger charge is 2.49. The van der Waals surface area contributed by atoms with Crippen LogP contribution in [0.2, 0.25) is 0 Å². The fourth-order valence-corrected chi connectivity index (χ4v) is 1.97. The second-order valence-electron chi connectivity index (χ2n) is 5.94. The Morgan fingerprint density at radius 2 is 1.94 bits per heavy atom. The van der Waals surface area contributed by atoms with Gasteiger partial charge in [0.2, 0.25) is 0 Å². The van der Waals surface area contributed by atoms with Crippen LogP contribution in [-0.4, -0.2) is 41.9 Å². The van der Waals surface area contributed by atoms with Gasteiger partial charge < -0.3 is 4.74 Å².